The normalized spacial score (nSPS) is 20.6. The van der Waals surface area contributed by atoms with Gasteiger partial charge in [-0.15, -0.1) is 0 Å². The molecule has 2 heterocycles. The van der Waals surface area contributed by atoms with Crippen molar-refractivity contribution in [1.29, 1.82) is 0 Å². The molecular weight excluding hydrogens is 404 g/mol. The minimum Gasteiger partial charge on any atom is -0.490 e. The zero-order valence-corrected chi connectivity index (χ0v) is 15.9. The zero-order valence-electron chi connectivity index (χ0n) is 14.4. The van der Waals surface area contributed by atoms with E-state index in [1.807, 2.05) is 0 Å². The molecule has 1 saturated heterocycles. The third-order valence-electron chi connectivity index (χ3n) is 4.12. The summed E-state index contributed by atoms with van der Waals surface area (Å²) in [6.45, 7) is 0.630. The van der Waals surface area contributed by atoms with Gasteiger partial charge in [0.05, 0.1) is 30.7 Å². The van der Waals surface area contributed by atoms with Crippen molar-refractivity contribution in [1.82, 2.24) is 14.5 Å². The molecule has 7 nitrogen and oxygen atoms in total. The summed E-state index contributed by atoms with van der Waals surface area (Å²) in [5, 5.41) is 4.13. The van der Waals surface area contributed by atoms with Crippen LogP contribution in [0, 0.1) is 17.6 Å². The Kier molecular flexibility index (Phi) is 5.99. The highest BCUT2D eigenvalue weighted by Crippen LogP contribution is 2.27. The van der Waals surface area contributed by atoms with Crippen molar-refractivity contribution < 1.29 is 26.7 Å². The van der Waals surface area contributed by atoms with E-state index in [4.69, 9.17) is 21.1 Å². The Morgan fingerprint density at radius 3 is 2.85 bits per heavy atom. The van der Waals surface area contributed by atoms with Crippen molar-refractivity contribution in [3.63, 3.8) is 0 Å². The lowest BCUT2D eigenvalue weighted by Crippen LogP contribution is -2.47. The highest BCUT2D eigenvalue weighted by Gasteiger charge is 2.29. The van der Waals surface area contributed by atoms with E-state index in [2.05, 4.69) is 9.82 Å². The van der Waals surface area contributed by atoms with E-state index in [0.717, 1.165) is 10.9 Å². The van der Waals surface area contributed by atoms with Crippen molar-refractivity contribution >= 4 is 21.6 Å². The fourth-order valence-corrected chi connectivity index (χ4v) is 3.83. The highest BCUT2D eigenvalue weighted by atomic mass is 35.5. The van der Waals surface area contributed by atoms with E-state index in [9.17, 15) is 17.2 Å². The van der Waals surface area contributed by atoms with Crippen LogP contribution in [-0.2, 0) is 14.8 Å². The Morgan fingerprint density at radius 2 is 2.19 bits per heavy atom. The first-order valence-corrected chi connectivity index (χ1v) is 10.4. The number of halogens is 3. The molecule has 148 valence electrons. The van der Waals surface area contributed by atoms with Gasteiger partial charge in [-0.05, 0) is 18.6 Å². The Labute approximate surface area is 160 Å². The SMILES string of the molecule is CS(=O)(=O)NC1CCOCC1COc1ccc(-n2cc(Cl)cn2)c(F)c1F. The summed E-state index contributed by atoms with van der Waals surface area (Å²) in [5.74, 6) is -2.90. The first-order valence-electron chi connectivity index (χ1n) is 8.11. The van der Waals surface area contributed by atoms with Gasteiger partial charge in [-0.1, -0.05) is 11.6 Å². The van der Waals surface area contributed by atoms with Crippen LogP contribution >= 0.6 is 11.6 Å². The maximum absolute atomic E-state index is 14.4. The molecule has 0 radical (unpaired) electrons. The molecule has 27 heavy (non-hydrogen) atoms. The average molecular weight is 422 g/mol. The van der Waals surface area contributed by atoms with Gasteiger partial charge in [0.2, 0.25) is 15.8 Å². The van der Waals surface area contributed by atoms with Crippen LogP contribution in [0.4, 0.5) is 8.78 Å². The lowest BCUT2D eigenvalue weighted by atomic mass is 9.98. The van der Waals surface area contributed by atoms with Gasteiger partial charge in [0.15, 0.2) is 11.6 Å². The van der Waals surface area contributed by atoms with E-state index in [-0.39, 0.29) is 35.6 Å². The summed E-state index contributed by atoms with van der Waals surface area (Å²) in [5.41, 5.74) is -0.107. The van der Waals surface area contributed by atoms with E-state index >= 15 is 0 Å². The number of hydrogen-bond donors (Lipinski definition) is 1. The van der Waals surface area contributed by atoms with Crippen LogP contribution in [0.15, 0.2) is 24.5 Å². The summed E-state index contributed by atoms with van der Waals surface area (Å²) in [6, 6.07) is 2.21. The summed E-state index contributed by atoms with van der Waals surface area (Å²) < 4.78 is 66.0. The molecule has 0 spiro atoms. The molecule has 2 aromatic rings. The minimum absolute atomic E-state index is 0.0313. The summed E-state index contributed by atoms with van der Waals surface area (Å²) in [4.78, 5) is 0. The quantitative estimate of drug-likeness (QED) is 0.772. The third kappa shape index (κ3) is 4.95. The summed E-state index contributed by atoms with van der Waals surface area (Å²) in [6.07, 6.45) is 4.19. The number of benzene rings is 1. The molecular formula is C16H18ClF2N3O4S. The molecule has 1 aliphatic heterocycles. The fraction of sp³-hybridized carbons (Fsp3) is 0.438. The molecule has 2 unspecified atom stereocenters. The van der Waals surface area contributed by atoms with Crippen molar-refractivity contribution in [2.45, 2.75) is 12.5 Å². The van der Waals surface area contributed by atoms with Crippen LogP contribution < -0.4 is 9.46 Å². The molecule has 0 amide bonds. The smallest absolute Gasteiger partial charge is 0.208 e. The molecule has 0 aliphatic carbocycles. The van der Waals surface area contributed by atoms with Gasteiger partial charge in [0.1, 0.15) is 5.69 Å². The maximum atomic E-state index is 14.4. The molecule has 0 saturated carbocycles. The lowest BCUT2D eigenvalue weighted by molar-refractivity contribution is 0.0180. The number of sulfonamides is 1. The standard InChI is InChI=1S/C16H18ClF2N3O4S/c1-27(23,24)21-12-4-5-25-8-10(12)9-26-14-3-2-13(15(18)16(14)19)22-7-11(17)6-20-22/h2-3,6-7,10,12,21H,4-5,8-9H2,1H3. The number of rotatable bonds is 6. The Bertz CT molecular complexity index is 922. The molecule has 1 aliphatic rings. The van der Waals surface area contributed by atoms with E-state index in [0.29, 0.717) is 13.0 Å². The van der Waals surface area contributed by atoms with Gasteiger partial charge in [-0.3, -0.25) is 0 Å². The largest absolute Gasteiger partial charge is 0.490 e. The van der Waals surface area contributed by atoms with Crippen molar-refractivity contribution in [3.05, 3.63) is 41.2 Å². The Morgan fingerprint density at radius 1 is 1.41 bits per heavy atom. The van der Waals surface area contributed by atoms with Gasteiger partial charge in [0, 0.05) is 24.8 Å². The predicted octanol–water partition coefficient (Wildman–Crippen LogP) is 2.14. The molecule has 1 aromatic carbocycles. The van der Waals surface area contributed by atoms with Gasteiger partial charge in [-0.25, -0.2) is 22.2 Å². The number of hydrogen-bond acceptors (Lipinski definition) is 5. The number of nitrogens with one attached hydrogen (secondary N) is 1. The molecule has 0 bridgehead atoms. The monoisotopic (exact) mass is 421 g/mol. The number of nitrogens with zero attached hydrogens (tertiary/aromatic N) is 2. The molecule has 1 N–H and O–H groups in total. The topological polar surface area (TPSA) is 82.5 Å². The molecule has 2 atom stereocenters. The van der Waals surface area contributed by atoms with Crippen molar-refractivity contribution in [2.75, 3.05) is 26.1 Å². The second-order valence-corrected chi connectivity index (χ2v) is 8.46. The first kappa shape index (κ1) is 20.0. The van der Waals surface area contributed by atoms with Gasteiger partial charge < -0.3 is 9.47 Å². The van der Waals surface area contributed by atoms with E-state index in [1.165, 1.54) is 24.5 Å². The average Bonchev–Trinajstić information content (AvgIpc) is 3.02. The first-order chi connectivity index (χ1) is 12.7. The maximum Gasteiger partial charge on any atom is 0.208 e. The van der Waals surface area contributed by atoms with Crippen molar-refractivity contribution in [3.8, 4) is 11.4 Å². The van der Waals surface area contributed by atoms with E-state index < -0.39 is 27.7 Å². The number of aromatic nitrogens is 2. The van der Waals surface area contributed by atoms with Crippen molar-refractivity contribution in [2.24, 2.45) is 5.92 Å². The lowest BCUT2D eigenvalue weighted by Gasteiger charge is -2.31. The van der Waals surface area contributed by atoms with Crippen LogP contribution in [0.1, 0.15) is 6.42 Å². The van der Waals surface area contributed by atoms with Crippen LogP contribution in [0.3, 0.4) is 0 Å². The van der Waals surface area contributed by atoms with Crippen LogP contribution in [0.5, 0.6) is 5.75 Å². The van der Waals surface area contributed by atoms with Gasteiger partial charge >= 0.3 is 0 Å². The predicted molar refractivity (Wildman–Crippen MR) is 94.7 cm³/mol. The van der Waals surface area contributed by atoms with Crippen LogP contribution in [-0.4, -0.2) is 50.3 Å². The second kappa shape index (κ2) is 8.09. The third-order valence-corrected chi connectivity index (χ3v) is 5.04. The van der Waals surface area contributed by atoms with Gasteiger partial charge in [-0.2, -0.15) is 9.49 Å². The minimum atomic E-state index is -3.40. The zero-order chi connectivity index (χ0) is 19.6. The fourth-order valence-electron chi connectivity index (χ4n) is 2.83. The Hall–Kier alpha value is -1.75. The Balaban J connectivity index is 1.73. The highest BCUT2D eigenvalue weighted by molar-refractivity contribution is 7.88. The second-order valence-electron chi connectivity index (χ2n) is 6.25. The van der Waals surface area contributed by atoms with E-state index in [1.54, 1.807) is 0 Å². The summed E-state index contributed by atoms with van der Waals surface area (Å²) in [7, 11) is -3.40. The number of ether oxygens (including phenoxy) is 2. The molecule has 3 rings (SSSR count). The molecule has 1 fully saturated rings. The molecule has 1 aromatic heterocycles. The van der Waals surface area contributed by atoms with Crippen LogP contribution in [0.2, 0.25) is 5.02 Å². The van der Waals surface area contributed by atoms with Crippen LogP contribution in [0.25, 0.3) is 5.69 Å². The van der Waals surface area contributed by atoms with Gasteiger partial charge in [0.25, 0.3) is 0 Å². The molecule has 11 heteroatoms. The summed E-state index contributed by atoms with van der Waals surface area (Å²) >= 11 is 5.74.